The van der Waals surface area contributed by atoms with Crippen molar-refractivity contribution < 1.29 is 19.1 Å². The Morgan fingerprint density at radius 2 is 1.89 bits per heavy atom. The Morgan fingerprint density at radius 1 is 1.15 bits per heavy atom. The van der Waals surface area contributed by atoms with Crippen LogP contribution in [-0.2, 0) is 4.74 Å². The molecule has 3 rings (SSSR count). The first-order valence-corrected chi connectivity index (χ1v) is 8.93. The first-order valence-electron chi connectivity index (χ1n) is 8.93. The van der Waals surface area contributed by atoms with Gasteiger partial charge in [0.05, 0.1) is 24.8 Å². The molecular formula is C20H23N3O4. The largest absolute Gasteiger partial charge is 0.472 e. The molecule has 27 heavy (non-hydrogen) atoms. The van der Waals surface area contributed by atoms with E-state index in [1.807, 2.05) is 13.8 Å². The lowest BCUT2D eigenvalue weighted by molar-refractivity contribution is 0.0511. The van der Waals surface area contributed by atoms with Crippen LogP contribution in [0.3, 0.4) is 0 Å². The van der Waals surface area contributed by atoms with Gasteiger partial charge in [0.15, 0.2) is 0 Å². The predicted octanol–water partition coefficient (Wildman–Crippen LogP) is 2.56. The van der Waals surface area contributed by atoms with Crippen LogP contribution in [0.15, 0.2) is 30.3 Å². The summed E-state index contributed by atoms with van der Waals surface area (Å²) in [5.74, 6) is 0.463. The summed E-state index contributed by atoms with van der Waals surface area (Å²) in [5.41, 5.74) is 1.46. The average molecular weight is 369 g/mol. The smallest absolute Gasteiger partial charge is 0.338 e. The number of piperidine rings is 1. The Morgan fingerprint density at radius 3 is 2.59 bits per heavy atom. The second-order valence-corrected chi connectivity index (χ2v) is 6.57. The first-order chi connectivity index (χ1) is 13.0. The maximum absolute atomic E-state index is 13.0. The quantitative estimate of drug-likeness (QED) is 0.771. The van der Waals surface area contributed by atoms with E-state index in [0.717, 1.165) is 18.5 Å². The molecule has 1 aromatic carbocycles. The first kappa shape index (κ1) is 18.8. The van der Waals surface area contributed by atoms with Crippen molar-refractivity contribution in [1.82, 2.24) is 14.9 Å². The zero-order valence-electron chi connectivity index (χ0n) is 15.8. The number of aromatic nitrogens is 2. The van der Waals surface area contributed by atoms with Gasteiger partial charge in [-0.2, -0.15) is 4.98 Å². The maximum Gasteiger partial charge on any atom is 0.338 e. The normalized spacial score (nSPS) is 16.7. The highest BCUT2D eigenvalue weighted by atomic mass is 16.5. The van der Waals surface area contributed by atoms with E-state index in [1.54, 1.807) is 35.2 Å². The SMILES string of the molecule is COC(=O)c1ccccc1C(=O)N1CCCC(Oc2cc(C)nc(C)n2)C1. The van der Waals surface area contributed by atoms with Crippen LogP contribution >= 0.6 is 0 Å². The third-order valence-corrected chi connectivity index (χ3v) is 4.46. The highest BCUT2D eigenvalue weighted by Gasteiger charge is 2.28. The van der Waals surface area contributed by atoms with Crippen molar-refractivity contribution in [3.8, 4) is 5.88 Å². The zero-order chi connectivity index (χ0) is 19.4. The van der Waals surface area contributed by atoms with Crippen molar-refractivity contribution in [3.63, 3.8) is 0 Å². The van der Waals surface area contributed by atoms with Crippen molar-refractivity contribution in [2.45, 2.75) is 32.8 Å². The van der Waals surface area contributed by atoms with E-state index in [2.05, 4.69) is 9.97 Å². The van der Waals surface area contributed by atoms with Crippen LogP contribution in [0.2, 0.25) is 0 Å². The van der Waals surface area contributed by atoms with Gasteiger partial charge in [0.25, 0.3) is 5.91 Å². The van der Waals surface area contributed by atoms with Gasteiger partial charge in [-0.05, 0) is 38.8 Å². The van der Waals surface area contributed by atoms with E-state index in [4.69, 9.17) is 9.47 Å². The summed E-state index contributed by atoms with van der Waals surface area (Å²) in [5, 5.41) is 0. The van der Waals surface area contributed by atoms with Crippen molar-refractivity contribution in [2.24, 2.45) is 0 Å². The van der Waals surface area contributed by atoms with E-state index in [9.17, 15) is 9.59 Å². The van der Waals surface area contributed by atoms with Gasteiger partial charge in [-0.25, -0.2) is 9.78 Å². The van der Waals surface area contributed by atoms with E-state index in [-0.39, 0.29) is 17.6 Å². The molecule has 1 aliphatic heterocycles. The molecule has 1 atom stereocenters. The van der Waals surface area contributed by atoms with Crippen LogP contribution in [0.5, 0.6) is 5.88 Å². The number of carbonyl (C=O) groups is 2. The summed E-state index contributed by atoms with van der Waals surface area (Å²) in [6.07, 6.45) is 1.51. The number of nitrogens with zero attached hydrogens (tertiary/aromatic N) is 3. The molecule has 0 bridgehead atoms. The minimum absolute atomic E-state index is 0.151. The van der Waals surface area contributed by atoms with Gasteiger partial charge in [-0.3, -0.25) is 4.79 Å². The molecule has 1 aromatic heterocycles. The topological polar surface area (TPSA) is 81.6 Å². The number of aryl methyl sites for hydroxylation is 2. The highest BCUT2D eigenvalue weighted by molar-refractivity contribution is 6.05. The number of likely N-dealkylation sites (tertiary alicyclic amines) is 1. The molecule has 7 heteroatoms. The van der Waals surface area contributed by atoms with Crippen molar-refractivity contribution in [3.05, 3.63) is 53.0 Å². The van der Waals surface area contributed by atoms with Crippen molar-refractivity contribution in [2.75, 3.05) is 20.2 Å². The number of hydrogen-bond acceptors (Lipinski definition) is 6. The molecule has 2 aromatic rings. The molecule has 142 valence electrons. The average Bonchev–Trinajstić information content (AvgIpc) is 2.66. The molecule has 1 unspecified atom stereocenters. The molecule has 0 saturated carbocycles. The maximum atomic E-state index is 13.0. The number of carbonyl (C=O) groups excluding carboxylic acids is 2. The number of ether oxygens (including phenoxy) is 2. The number of amides is 1. The summed E-state index contributed by atoms with van der Waals surface area (Å²) in [7, 11) is 1.31. The number of benzene rings is 1. The Kier molecular flexibility index (Phi) is 5.69. The van der Waals surface area contributed by atoms with Gasteiger partial charge in [0.1, 0.15) is 11.9 Å². The predicted molar refractivity (Wildman–Crippen MR) is 98.8 cm³/mol. The number of methoxy groups -OCH3 is 1. The third kappa shape index (κ3) is 4.42. The number of esters is 1. The van der Waals surface area contributed by atoms with Gasteiger partial charge in [0.2, 0.25) is 5.88 Å². The Bertz CT molecular complexity index is 833. The summed E-state index contributed by atoms with van der Waals surface area (Å²) in [4.78, 5) is 35.2. The molecule has 1 amide bonds. The van der Waals surface area contributed by atoms with E-state index in [0.29, 0.717) is 30.4 Å². The van der Waals surface area contributed by atoms with Crippen LogP contribution in [0.4, 0.5) is 0 Å². The van der Waals surface area contributed by atoms with Gasteiger partial charge in [-0.1, -0.05) is 12.1 Å². The lowest BCUT2D eigenvalue weighted by atomic mass is 10.0. The lowest BCUT2D eigenvalue weighted by Gasteiger charge is -2.33. The molecule has 1 aliphatic rings. The molecule has 1 saturated heterocycles. The van der Waals surface area contributed by atoms with Gasteiger partial charge >= 0.3 is 5.97 Å². The van der Waals surface area contributed by atoms with Crippen molar-refractivity contribution >= 4 is 11.9 Å². The minimum atomic E-state index is -0.518. The molecule has 0 radical (unpaired) electrons. The van der Waals surface area contributed by atoms with Gasteiger partial charge < -0.3 is 14.4 Å². The molecule has 7 nitrogen and oxygen atoms in total. The molecule has 1 fully saturated rings. The van der Waals surface area contributed by atoms with Crippen molar-refractivity contribution in [1.29, 1.82) is 0 Å². The minimum Gasteiger partial charge on any atom is -0.472 e. The summed E-state index contributed by atoms with van der Waals surface area (Å²) in [6, 6.07) is 8.49. The zero-order valence-corrected chi connectivity index (χ0v) is 15.8. The third-order valence-electron chi connectivity index (χ3n) is 4.46. The molecule has 0 aliphatic carbocycles. The monoisotopic (exact) mass is 369 g/mol. The summed E-state index contributed by atoms with van der Waals surface area (Å²) in [6.45, 7) is 4.77. The van der Waals surface area contributed by atoms with E-state index < -0.39 is 5.97 Å². The number of hydrogen-bond donors (Lipinski definition) is 0. The van der Waals surface area contributed by atoms with Gasteiger partial charge in [-0.15, -0.1) is 0 Å². The van der Waals surface area contributed by atoms with Crippen LogP contribution in [0.1, 0.15) is 45.1 Å². The van der Waals surface area contributed by atoms with Crippen LogP contribution in [0, 0.1) is 13.8 Å². The Balaban J connectivity index is 1.74. The standard InChI is InChI=1S/C20H23N3O4/c1-13-11-18(22-14(2)21-13)27-15-7-6-10-23(12-15)19(24)16-8-4-5-9-17(16)20(25)26-3/h4-5,8-9,11,15H,6-7,10,12H2,1-3H3. The fraction of sp³-hybridized carbons (Fsp3) is 0.400. The fourth-order valence-electron chi connectivity index (χ4n) is 3.26. The molecule has 0 N–H and O–H groups in total. The molecule has 2 heterocycles. The van der Waals surface area contributed by atoms with Crippen LogP contribution < -0.4 is 4.74 Å². The molecular weight excluding hydrogens is 346 g/mol. The van der Waals surface area contributed by atoms with Crippen LogP contribution in [-0.4, -0.2) is 53.0 Å². The second kappa shape index (κ2) is 8.16. The molecule has 0 spiro atoms. The lowest BCUT2D eigenvalue weighted by Crippen LogP contribution is -2.44. The summed E-state index contributed by atoms with van der Waals surface area (Å²) < 4.78 is 10.8. The van der Waals surface area contributed by atoms with E-state index in [1.165, 1.54) is 7.11 Å². The highest BCUT2D eigenvalue weighted by Crippen LogP contribution is 2.21. The Labute approximate surface area is 158 Å². The van der Waals surface area contributed by atoms with Gasteiger partial charge in [0, 0.05) is 18.3 Å². The number of rotatable bonds is 4. The fourth-order valence-corrected chi connectivity index (χ4v) is 3.26. The van der Waals surface area contributed by atoms with E-state index >= 15 is 0 Å². The second-order valence-electron chi connectivity index (χ2n) is 6.57. The Hall–Kier alpha value is -2.96. The van der Waals surface area contributed by atoms with Crippen LogP contribution in [0.25, 0.3) is 0 Å². The summed E-state index contributed by atoms with van der Waals surface area (Å²) >= 11 is 0.